The fourth-order valence-electron chi connectivity index (χ4n) is 3.51. The zero-order valence-corrected chi connectivity index (χ0v) is 23.2. The molecule has 0 aliphatic rings. The molecule has 222 valence electrons. The van der Waals surface area contributed by atoms with Crippen LogP contribution in [0.2, 0.25) is 0 Å². The molecule has 0 unspecified atom stereocenters. The van der Waals surface area contributed by atoms with Gasteiger partial charge in [0.2, 0.25) is 29.5 Å². The Labute approximate surface area is 237 Å². The number of hydrogen-bond donors (Lipinski definition) is 9. The van der Waals surface area contributed by atoms with Gasteiger partial charge in [-0.1, -0.05) is 50.6 Å². The quantitative estimate of drug-likeness (QED) is 0.0875. The van der Waals surface area contributed by atoms with Crippen LogP contribution in [0.25, 0.3) is 0 Å². The number of carbonyl (C=O) groups excluding carboxylic acids is 5. The Morgan fingerprint density at radius 1 is 0.875 bits per heavy atom. The number of aliphatic hydroxyl groups is 1. The van der Waals surface area contributed by atoms with Gasteiger partial charge in [0, 0.05) is 12.2 Å². The summed E-state index contributed by atoms with van der Waals surface area (Å²) in [5.74, 6) is -6.22. The van der Waals surface area contributed by atoms with E-state index >= 15 is 0 Å². The van der Waals surface area contributed by atoms with E-state index in [2.05, 4.69) is 33.9 Å². The summed E-state index contributed by atoms with van der Waals surface area (Å²) in [6.45, 7) is 2.47. The lowest BCUT2D eigenvalue weighted by molar-refractivity contribution is -0.143. The largest absolute Gasteiger partial charge is 0.480 e. The predicted octanol–water partition coefficient (Wildman–Crippen LogP) is -2.58. The highest BCUT2D eigenvalue weighted by atomic mass is 32.1. The number of carboxylic acids is 1. The van der Waals surface area contributed by atoms with Gasteiger partial charge < -0.3 is 42.9 Å². The molecule has 0 saturated carbocycles. The molecule has 40 heavy (non-hydrogen) atoms. The summed E-state index contributed by atoms with van der Waals surface area (Å²) in [7, 11) is 0. The van der Waals surface area contributed by atoms with Crippen LogP contribution in [0.1, 0.15) is 32.3 Å². The van der Waals surface area contributed by atoms with Crippen molar-refractivity contribution in [2.45, 2.75) is 63.3 Å². The molecule has 0 saturated heterocycles. The molecule has 5 amide bonds. The van der Waals surface area contributed by atoms with E-state index in [0.717, 1.165) is 0 Å². The molecule has 1 aromatic rings. The number of benzene rings is 1. The van der Waals surface area contributed by atoms with E-state index in [1.165, 1.54) is 0 Å². The van der Waals surface area contributed by atoms with Crippen molar-refractivity contribution in [3.8, 4) is 0 Å². The summed E-state index contributed by atoms with van der Waals surface area (Å²) in [6, 6.07) is 2.07. The van der Waals surface area contributed by atoms with Crippen molar-refractivity contribution in [3.05, 3.63) is 35.9 Å². The first kappa shape index (κ1) is 34.3. The molecule has 0 radical (unpaired) electrons. The van der Waals surface area contributed by atoms with Crippen LogP contribution >= 0.6 is 12.6 Å². The highest BCUT2D eigenvalue weighted by molar-refractivity contribution is 7.80. The van der Waals surface area contributed by atoms with Crippen LogP contribution in [-0.4, -0.2) is 88.3 Å². The average Bonchev–Trinajstić information content (AvgIpc) is 2.92. The van der Waals surface area contributed by atoms with Crippen LogP contribution < -0.4 is 32.7 Å². The molecule has 10 N–H and O–H groups in total. The van der Waals surface area contributed by atoms with Gasteiger partial charge in [-0.15, -0.1) is 0 Å². The van der Waals surface area contributed by atoms with Gasteiger partial charge in [0.1, 0.15) is 24.2 Å². The van der Waals surface area contributed by atoms with Gasteiger partial charge in [-0.05, 0) is 11.5 Å². The second-order valence-corrected chi connectivity index (χ2v) is 9.59. The molecule has 1 aromatic carbocycles. The summed E-state index contributed by atoms with van der Waals surface area (Å²) < 4.78 is 0. The first-order valence-corrected chi connectivity index (χ1v) is 13.2. The van der Waals surface area contributed by atoms with Crippen molar-refractivity contribution in [1.82, 2.24) is 21.3 Å². The third kappa shape index (κ3) is 11.2. The van der Waals surface area contributed by atoms with Crippen LogP contribution in [-0.2, 0) is 35.2 Å². The molecule has 0 aliphatic heterocycles. The number of aliphatic hydroxyl groups excluding tert-OH is 1. The van der Waals surface area contributed by atoms with Crippen LogP contribution in [0.15, 0.2) is 30.3 Å². The molecular weight excluding hydrogens is 544 g/mol. The van der Waals surface area contributed by atoms with E-state index in [9.17, 15) is 33.9 Å². The molecule has 0 heterocycles. The molecule has 0 fully saturated rings. The molecule has 14 nitrogen and oxygen atoms in total. The predicted molar refractivity (Wildman–Crippen MR) is 148 cm³/mol. The van der Waals surface area contributed by atoms with Gasteiger partial charge >= 0.3 is 5.97 Å². The maximum atomic E-state index is 13.3. The summed E-state index contributed by atoms with van der Waals surface area (Å²) in [6.07, 6.45) is -0.222. The minimum absolute atomic E-state index is 0.0102. The van der Waals surface area contributed by atoms with Gasteiger partial charge in [-0.3, -0.25) is 24.0 Å². The van der Waals surface area contributed by atoms with Gasteiger partial charge in [-0.2, -0.15) is 12.6 Å². The van der Waals surface area contributed by atoms with Crippen molar-refractivity contribution in [2.24, 2.45) is 17.4 Å². The van der Waals surface area contributed by atoms with Crippen LogP contribution in [0.4, 0.5) is 0 Å². The van der Waals surface area contributed by atoms with E-state index in [0.29, 0.717) is 12.0 Å². The summed E-state index contributed by atoms with van der Waals surface area (Å²) in [5, 5.41) is 27.9. The van der Waals surface area contributed by atoms with E-state index in [-0.39, 0.29) is 12.2 Å². The lowest BCUT2D eigenvalue weighted by Gasteiger charge is -2.28. The SMILES string of the molecule is CC[C@H](C)[C@H](NC(=O)[C@H](CC(N)=O)NC(=O)[C@H](Cc1ccccc1)NC(=O)[C@@H](N)CS)C(=O)N[C@@H](CO)C(=O)O. The van der Waals surface area contributed by atoms with Crippen molar-refractivity contribution in [2.75, 3.05) is 12.4 Å². The topological polar surface area (TPSA) is 243 Å². The molecular formula is C25H38N6O8S. The molecule has 0 aromatic heterocycles. The number of nitrogens with two attached hydrogens (primary N) is 2. The summed E-state index contributed by atoms with van der Waals surface area (Å²) in [4.78, 5) is 74.7. The Kier molecular flexibility index (Phi) is 14.7. The fourth-order valence-corrected chi connectivity index (χ4v) is 3.67. The Hall–Kier alpha value is -3.69. The Bertz CT molecular complexity index is 1040. The Morgan fingerprint density at radius 2 is 1.43 bits per heavy atom. The number of amides is 5. The number of carboxylic acid groups (broad SMARTS) is 1. The minimum atomic E-state index is -1.61. The standard InChI is InChI=1S/C25H38N6O8S/c1-3-13(2)20(24(37)30-18(11-32)25(38)39)31-23(36)17(10-19(27)33)29-22(35)16(28-21(34)15(26)12-40)9-14-7-5-4-6-8-14/h4-8,13,15-18,20,32,40H,3,9-12,26H2,1-2H3,(H2,27,33)(H,28,34)(H,29,35)(H,30,37)(H,31,36)(H,38,39)/t13-,15-,16-,17-,18-,20-/m0/s1. The first-order chi connectivity index (χ1) is 18.8. The van der Waals surface area contributed by atoms with Crippen molar-refractivity contribution in [1.29, 1.82) is 0 Å². The van der Waals surface area contributed by atoms with E-state index in [1.54, 1.807) is 44.2 Å². The highest BCUT2D eigenvalue weighted by Gasteiger charge is 2.34. The fraction of sp³-hybridized carbons (Fsp3) is 0.520. The third-order valence-electron chi connectivity index (χ3n) is 6.08. The van der Waals surface area contributed by atoms with E-state index < -0.39 is 84.7 Å². The van der Waals surface area contributed by atoms with Gasteiger partial charge in [0.15, 0.2) is 0 Å². The first-order valence-electron chi connectivity index (χ1n) is 12.6. The molecule has 0 aliphatic carbocycles. The monoisotopic (exact) mass is 582 g/mol. The van der Waals surface area contributed by atoms with Crippen LogP contribution in [0.3, 0.4) is 0 Å². The normalized spacial score (nSPS) is 15.3. The number of aliphatic carboxylic acids is 1. The van der Waals surface area contributed by atoms with Crippen LogP contribution in [0.5, 0.6) is 0 Å². The lowest BCUT2D eigenvalue weighted by atomic mass is 9.97. The smallest absolute Gasteiger partial charge is 0.328 e. The second kappa shape index (κ2) is 17.1. The Morgan fingerprint density at radius 3 is 1.93 bits per heavy atom. The highest BCUT2D eigenvalue weighted by Crippen LogP contribution is 2.10. The maximum Gasteiger partial charge on any atom is 0.328 e. The number of primary amides is 1. The van der Waals surface area contributed by atoms with E-state index in [1.807, 2.05) is 0 Å². The van der Waals surface area contributed by atoms with Crippen molar-refractivity contribution < 1.29 is 39.0 Å². The number of rotatable bonds is 17. The van der Waals surface area contributed by atoms with Gasteiger partial charge in [-0.25, -0.2) is 4.79 Å². The lowest BCUT2D eigenvalue weighted by Crippen LogP contribution is -2.60. The molecule has 6 atom stereocenters. The van der Waals surface area contributed by atoms with Gasteiger partial charge in [0.25, 0.3) is 0 Å². The zero-order chi connectivity index (χ0) is 30.4. The summed E-state index contributed by atoms with van der Waals surface area (Å²) >= 11 is 3.99. The molecule has 15 heteroatoms. The second-order valence-electron chi connectivity index (χ2n) is 9.23. The number of carbonyl (C=O) groups is 6. The molecule has 1 rings (SSSR count). The van der Waals surface area contributed by atoms with Crippen molar-refractivity contribution in [3.63, 3.8) is 0 Å². The zero-order valence-electron chi connectivity index (χ0n) is 22.3. The summed E-state index contributed by atoms with van der Waals surface area (Å²) in [5.41, 5.74) is 11.7. The van der Waals surface area contributed by atoms with E-state index in [4.69, 9.17) is 16.6 Å². The number of nitrogens with one attached hydrogen (secondary N) is 4. The Balaban J connectivity index is 3.20. The molecule has 0 spiro atoms. The molecule has 0 bridgehead atoms. The maximum absolute atomic E-state index is 13.3. The minimum Gasteiger partial charge on any atom is -0.480 e. The third-order valence-corrected chi connectivity index (χ3v) is 6.47. The average molecular weight is 583 g/mol. The van der Waals surface area contributed by atoms with Crippen molar-refractivity contribution >= 4 is 48.1 Å². The van der Waals surface area contributed by atoms with Crippen LogP contribution in [0, 0.1) is 5.92 Å². The number of thiol groups is 1. The van der Waals surface area contributed by atoms with Gasteiger partial charge in [0.05, 0.1) is 19.1 Å². The number of hydrogen-bond acceptors (Lipinski definition) is 9.